The van der Waals surface area contributed by atoms with Gasteiger partial charge in [-0.2, -0.15) is 0 Å². The number of rotatable bonds is 4. The van der Waals surface area contributed by atoms with Crippen molar-refractivity contribution in [1.82, 2.24) is 0 Å². The van der Waals surface area contributed by atoms with Crippen LogP contribution in [0.15, 0.2) is 126 Å². The van der Waals surface area contributed by atoms with Crippen LogP contribution < -0.4 is 0 Å². The summed E-state index contributed by atoms with van der Waals surface area (Å²) in [4.78, 5) is 0. The van der Waals surface area contributed by atoms with Crippen LogP contribution in [0, 0.1) is 0 Å². The number of benzene rings is 6. The van der Waals surface area contributed by atoms with E-state index in [1.807, 2.05) is 26.0 Å². The highest BCUT2D eigenvalue weighted by molar-refractivity contribution is 9.10. The third-order valence-corrected chi connectivity index (χ3v) is 7.59. The molecule has 1 nitrogen and oxygen atoms in total. The molecule has 0 fully saturated rings. The van der Waals surface area contributed by atoms with Gasteiger partial charge in [-0.3, -0.25) is 0 Å². The molecule has 180 valence electrons. The Kier molecular flexibility index (Phi) is 5.95. The van der Waals surface area contributed by atoms with Crippen molar-refractivity contribution < 1.29 is 5.11 Å². The third-order valence-electron chi connectivity index (χ3n) is 7.10. The second-order valence-corrected chi connectivity index (χ2v) is 11.0. The molecule has 0 radical (unpaired) electrons. The van der Waals surface area contributed by atoms with E-state index in [1.54, 1.807) is 0 Å². The zero-order chi connectivity index (χ0) is 25.6. The summed E-state index contributed by atoms with van der Waals surface area (Å²) in [5.74, 6) is 0. The Morgan fingerprint density at radius 3 is 1.59 bits per heavy atom. The highest BCUT2D eigenvalue weighted by Gasteiger charge is 2.22. The van der Waals surface area contributed by atoms with E-state index in [0.717, 1.165) is 21.2 Å². The Hall–Kier alpha value is -3.72. The second-order valence-electron chi connectivity index (χ2n) is 10.0. The van der Waals surface area contributed by atoms with Crippen molar-refractivity contribution in [3.63, 3.8) is 0 Å². The molecule has 0 atom stereocenters. The average Bonchev–Trinajstić information content (AvgIpc) is 2.92. The van der Waals surface area contributed by atoms with Gasteiger partial charge in [0.2, 0.25) is 0 Å². The van der Waals surface area contributed by atoms with Crippen LogP contribution in [0.4, 0.5) is 0 Å². The lowest BCUT2D eigenvalue weighted by Gasteiger charge is -2.23. The molecule has 0 unspecified atom stereocenters. The van der Waals surface area contributed by atoms with Gasteiger partial charge in [-0.1, -0.05) is 119 Å². The van der Waals surface area contributed by atoms with Crippen LogP contribution in [0.1, 0.15) is 19.4 Å². The molecule has 0 aliphatic rings. The van der Waals surface area contributed by atoms with Crippen LogP contribution in [0.2, 0.25) is 0 Å². The molecule has 6 aromatic carbocycles. The molecular formula is C35H27BrO. The van der Waals surface area contributed by atoms with E-state index in [1.165, 1.54) is 43.8 Å². The highest BCUT2D eigenvalue weighted by Crippen LogP contribution is 2.45. The van der Waals surface area contributed by atoms with E-state index >= 15 is 0 Å². The van der Waals surface area contributed by atoms with Crippen molar-refractivity contribution in [1.29, 1.82) is 0 Å². The van der Waals surface area contributed by atoms with Crippen LogP contribution in [0.5, 0.6) is 0 Å². The second kappa shape index (κ2) is 9.30. The van der Waals surface area contributed by atoms with Gasteiger partial charge in [-0.15, -0.1) is 0 Å². The van der Waals surface area contributed by atoms with Crippen molar-refractivity contribution >= 4 is 37.5 Å². The molecule has 0 aromatic heterocycles. The van der Waals surface area contributed by atoms with E-state index in [4.69, 9.17) is 0 Å². The molecular weight excluding hydrogens is 516 g/mol. The molecule has 0 spiro atoms. The van der Waals surface area contributed by atoms with Crippen molar-refractivity contribution in [2.24, 2.45) is 0 Å². The maximum atomic E-state index is 11.0. The van der Waals surface area contributed by atoms with Crippen molar-refractivity contribution in [2.45, 2.75) is 19.4 Å². The molecule has 1 N–H and O–H groups in total. The number of hydrogen-bond donors (Lipinski definition) is 1. The topological polar surface area (TPSA) is 20.2 Å². The molecule has 6 aromatic rings. The largest absolute Gasteiger partial charge is 0.386 e. The number of hydrogen-bond acceptors (Lipinski definition) is 1. The summed E-state index contributed by atoms with van der Waals surface area (Å²) in [6.45, 7) is 3.69. The van der Waals surface area contributed by atoms with E-state index in [-0.39, 0.29) is 0 Å². The van der Waals surface area contributed by atoms with E-state index in [2.05, 4.69) is 125 Å². The summed E-state index contributed by atoms with van der Waals surface area (Å²) in [5, 5.41) is 15.9. The Bertz CT molecular complexity index is 1750. The standard InChI is InChI=1S/C35H27BrO/c1-35(2,37)32-22-26(36)18-20-27(32)25-17-19-30-31(21-25)34(24-13-7-4-8-14-24)29-16-10-9-15-28(29)33(30)23-11-5-3-6-12-23/h3-22,37H,1-2H3. The Labute approximate surface area is 226 Å². The fourth-order valence-electron chi connectivity index (χ4n) is 5.45. The fourth-order valence-corrected chi connectivity index (χ4v) is 5.81. The molecule has 0 aliphatic carbocycles. The summed E-state index contributed by atoms with van der Waals surface area (Å²) < 4.78 is 0.955. The first-order chi connectivity index (χ1) is 17.9. The van der Waals surface area contributed by atoms with Gasteiger partial charge >= 0.3 is 0 Å². The predicted molar refractivity (Wildman–Crippen MR) is 161 cm³/mol. The molecule has 0 saturated heterocycles. The molecule has 6 rings (SSSR count). The van der Waals surface area contributed by atoms with Crippen molar-refractivity contribution in [2.75, 3.05) is 0 Å². The van der Waals surface area contributed by atoms with Gasteiger partial charge in [-0.25, -0.2) is 0 Å². The first-order valence-electron chi connectivity index (χ1n) is 12.5. The van der Waals surface area contributed by atoms with Gasteiger partial charge < -0.3 is 5.11 Å². The van der Waals surface area contributed by atoms with Crippen molar-refractivity contribution in [3.8, 4) is 33.4 Å². The molecule has 0 aliphatic heterocycles. The van der Waals surface area contributed by atoms with Crippen LogP contribution >= 0.6 is 15.9 Å². The van der Waals surface area contributed by atoms with Gasteiger partial charge in [0.05, 0.1) is 5.60 Å². The molecule has 2 heteroatoms. The van der Waals surface area contributed by atoms with Crippen LogP contribution in [0.3, 0.4) is 0 Å². The molecule has 0 amide bonds. The van der Waals surface area contributed by atoms with Gasteiger partial charge in [0.15, 0.2) is 0 Å². The van der Waals surface area contributed by atoms with Gasteiger partial charge in [-0.05, 0) is 92.5 Å². The lowest BCUT2D eigenvalue weighted by atomic mass is 9.83. The Morgan fingerprint density at radius 2 is 1.03 bits per heavy atom. The first kappa shape index (κ1) is 23.7. The molecule has 0 saturated carbocycles. The van der Waals surface area contributed by atoms with Crippen molar-refractivity contribution in [3.05, 3.63) is 131 Å². The fraction of sp³-hybridized carbons (Fsp3) is 0.0857. The number of fused-ring (bicyclic) bond motifs is 2. The maximum Gasteiger partial charge on any atom is 0.0846 e. The lowest BCUT2D eigenvalue weighted by molar-refractivity contribution is 0.0791. The van der Waals surface area contributed by atoms with E-state index < -0.39 is 5.60 Å². The SMILES string of the molecule is CC(C)(O)c1cc(Br)ccc1-c1ccc2c(-c3ccccc3)c3ccccc3c(-c3ccccc3)c2c1. The Balaban J connectivity index is 1.77. The number of halogens is 1. The van der Waals surface area contributed by atoms with E-state index in [9.17, 15) is 5.11 Å². The van der Waals surface area contributed by atoms with E-state index in [0.29, 0.717) is 0 Å². The quantitative estimate of drug-likeness (QED) is 0.219. The summed E-state index contributed by atoms with van der Waals surface area (Å²) in [6, 6.07) is 42.9. The summed E-state index contributed by atoms with van der Waals surface area (Å²) in [7, 11) is 0. The summed E-state index contributed by atoms with van der Waals surface area (Å²) in [6.07, 6.45) is 0. The normalized spacial score (nSPS) is 11.8. The minimum Gasteiger partial charge on any atom is -0.386 e. The highest BCUT2D eigenvalue weighted by atomic mass is 79.9. The first-order valence-corrected chi connectivity index (χ1v) is 13.3. The number of aliphatic hydroxyl groups is 1. The summed E-state index contributed by atoms with van der Waals surface area (Å²) in [5.41, 5.74) is 6.91. The zero-order valence-electron chi connectivity index (χ0n) is 20.9. The minimum atomic E-state index is -0.977. The van der Waals surface area contributed by atoms with Crippen LogP contribution in [0.25, 0.3) is 54.9 Å². The van der Waals surface area contributed by atoms with Crippen LogP contribution in [-0.4, -0.2) is 5.11 Å². The third kappa shape index (κ3) is 4.27. The van der Waals surface area contributed by atoms with Crippen LogP contribution in [-0.2, 0) is 5.60 Å². The molecule has 0 bridgehead atoms. The van der Waals surface area contributed by atoms with Gasteiger partial charge in [0, 0.05) is 4.47 Å². The van der Waals surface area contributed by atoms with Gasteiger partial charge in [0.1, 0.15) is 0 Å². The monoisotopic (exact) mass is 542 g/mol. The minimum absolute atomic E-state index is 0.895. The average molecular weight is 544 g/mol. The predicted octanol–water partition coefficient (Wildman–Crippen LogP) is 9.98. The zero-order valence-corrected chi connectivity index (χ0v) is 22.5. The lowest BCUT2D eigenvalue weighted by Crippen LogP contribution is -2.16. The molecule has 0 heterocycles. The summed E-state index contributed by atoms with van der Waals surface area (Å²) >= 11 is 3.59. The van der Waals surface area contributed by atoms with Gasteiger partial charge in [0.25, 0.3) is 0 Å². The molecule has 37 heavy (non-hydrogen) atoms. The smallest absolute Gasteiger partial charge is 0.0846 e. The maximum absolute atomic E-state index is 11.0. The Morgan fingerprint density at radius 1 is 0.514 bits per heavy atom.